The Morgan fingerprint density at radius 1 is 1.38 bits per heavy atom. The van der Waals surface area contributed by atoms with Crippen molar-refractivity contribution in [3.05, 3.63) is 41.5 Å². The van der Waals surface area contributed by atoms with Crippen molar-refractivity contribution in [3.63, 3.8) is 0 Å². The van der Waals surface area contributed by atoms with Gasteiger partial charge >= 0.3 is 5.97 Å². The molecule has 0 atom stereocenters. The second kappa shape index (κ2) is 6.71. The SMILES string of the molecule is CC(C)n1c(Cc2ccccc2F)nnc1SCC(=O)O. The Kier molecular flexibility index (Phi) is 4.95. The summed E-state index contributed by atoms with van der Waals surface area (Å²) in [6, 6.07) is 6.59. The van der Waals surface area contributed by atoms with Crippen molar-refractivity contribution in [1.29, 1.82) is 0 Å². The van der Waals surface area contributed by atoms with Crippen LogP contribution in [0.2, 0.25) is 0 Å². The Balaban J connectivity index is 2.27. The number of halogens is 1. The number of carboxylic acid groups (broad SMARTS) is 1. The maximum absolute atomic E-state index is 13.7. The van der Waals surface area contributed by atoms with E-state index < -0.39 is 5.97 Å². The van der Waals surface area contributed by atoms with Crippen LogP contribution in [0, 0.1) is 5.82 Å². The quantitative estimate of drug-likeness (QED) is 0.831. The highest BCUT2D eigenvalue weighted by molar-refractivity contribution is 7.99. The largest absolute Gasteiger partial charge is 0.481 e. The Bertz CT molecular complexity index is 643. The number of benzene rings is 1. The molecule has 1 aromatic heterocycles. The molecule has 0 unspecified atom stereocenters. The predicted octanol–water partition coefficient (Wildman–Crippen LogP) is 2.77. The lowest BCUT2D eigenvalue weighted by Crippen LogP contribution is -2.10. The molecule has 7 heteroatoms. The number of rotatable bonds is 6. The van der Waals surface area contributed by atoms with Gasteiger partial charge in [0, 0.05) is 12.5 Å². The lowest BCUT2D eigenvalue weighted by molar-refractivity contribution is -0.133. The fourth-order valence-corrected chi connectivity index (χ4v) is 2.79. The number of aliphatic carboxylic acids is 1. The molecule has 0 aliphatic carbocycles. The first-order chi connectivity index (χ1) is 9.99. The molecule has 1 N–H and O–H groups in total. The molecule has 0 amide bonds. The van der Waals surface area contributed by atoms with Crippen LogP contribution in [0.1, 0.15) is 31.3 Å². The third-order valence-corrected chi connectivity index (χ3v) is 3.81. The van der Waals surface area contributed by atoms with Crippen molar-refractivity contribution in [2.24, 2.45) is 0 Å². The molecule has 21 heavy (non-hydrogen) atoms. The molecule has 0 spiro atoms. The van der Waals surface area contributed by atoms with Crippen molar-refractivity contribution in [3.8, 4) is 0 Å². The summed E-state index contributed by atoms with van der Waals surface area (Å²) in [6.07, 6.45) is 0.325. The summed E-state index contributed by atoms with van der Waals surface area (Å²) >= 11 is 1.12. The third-order valence-electron chi connectivity index (χ3n) is 2.88. The second-order valence-corrected chi connectivity index (χ2v) is 5.76. The molecule has 0 aliphatic rings. The first-order valence-electron chi connectivity index (χ1n) is 6.50. The van der Waals surface area contributed by atoms with Gasteiger partial charge in [-0.1, -0.05) is 30.0 Å². The zero-order chi connectivity index (χ0) is 15.4. The first kappa shape index (κ1) is 15.5. The maximum Gasteiger partial charge on any atom is 0.313 e. The van der Waals surface area contributed by atoms with E-state index in [4.69, 9.17) is 5.11 Å². The number of nitrogens with zero attached hydrogens (tertiary/aromatic N) is 3. The highest BCUT2D eigenvalue weighted by Gasteiger charge is 2.17. The molecule has 0 saturated carbocycles. The Hall–Kier alpha value is -1.89. The van der Waals surface area contributed by atoms with Crippen LogP contribution in [0.15, 0.2) is 29.4 Å². The van der Waals surface area contributed by atoms with Crippen LogP contribution in [0.5, 0.6) is 0 Å². The van der Waals surface area contributed by atoms with E-state index in [1.165, 1.54) is 6.07 Å². The van der Waals surface area contributed by atoms with Gasteiger partial charge in [0.15, 0.2) is 5.16 Å². The van der Waals surface area contributed by atoms with Gasteiger partial charge in [-0.15, -0.1) is 10.2 Å². The smallest absolute Gasteiger partial charge is 0.313 e. The number of thioether (sulfide) groups is 1. The average Bonchev–Trinajstić information content (AvgIpc) is 2.82. The Labute approximate surface area is 126 Å². The van der Waals surface area contributed by atoms with Crippen LogP contribution in [-0.2, 0) is 11.2 Å². The Morgan fingerprint density at radius 2 is 2.10 bits per heavy atom. The molecule has 0 aliphatic heterocycles. The highest BCUT2D eigenvalue weighted by atomic mass is 32.2. The zero-order valence-electron chi connectivity index (χ0n) is 11.8. The van der Waals surface area contributed by atoms with Gasteiger partial charge in [0.25, 0.3) is 0 Å². The minimum Gasteiger partial charge on any atom is -0.481 e. The summed E-state index contributed by atoms with van der Waals surface area (Å²) in [5, 5.41) is 17.4. The minimum absolute atomic E-state index is 0.0677. The topological polar surface area (TPSA) is 68.0 Å². The molecule has 5 nitrogen and oxygen atoms in total. The fourth-order valence-electron chi connectivity index (χ4n) is 1.98. The van der Waals surface area contributed by atoms with E-state index in [2.05, 4.69) is 10.2 Å². The van der Waals surface area contributed by atoms with Crippen molar-refractivity contribution < 1.29 is 14.3 Å². The van der Waals surface area contributed by atoms with Gasteiger partial charge in [-0.05, 0) is 25.5 Å². The average molecular weight is 309 g/mol. The molecule has 2 aromatic rings. The molecule has 0 saturated heterocycles. The van der Waals surface area contributed by atoms with Crippen molar-refractivity contribution in [2.45, 2.75) is 31.5 Å². The van der Waals surface area contributed by atoms with Gasteiger partial charge in [0.05, 0.1) is 5.75 Å². The lowest BCUT2D eigenvalue weighted by atomic mass is 10.1. The van der Waals surface area contributed by atoms with E-state index in [0.29, 0.717) is 23.0 Å². The minimum atomic E-state index is -0.908. The Morgan fingerprint density at radius 3 is 2.71 bits per heavy atom. The molecule has 0 fully saturated rings. The first-order valence-corrected chi connectivity index (χ1v) is 7.49. The maximum atomic E-state index is 13.7. The van der Waals surface area contributed by atoms with Gasteiger partial charge in [0.1, 0.15) is 11.6 Å². The van der Waals surface area contributed by atoms with Gasteiger partial charge in [-0.25, -0.2) is 4.39 Å². The standard InChI is InChI=1S/C14H16FN3O2S/c1-9(2)18-12(7-10-5-3-4-6-11(10)15)16-17-14(18)21-8-13(19)20/h3-6,9H,7-8H2,1-2H3,(H,19,20). The fraction of sp³-hybridized carbons (Fsp3) is 0.357. The number of hydrogen-bond acceptors (Lipinski definition) is 4. The molecule has 2 rings (SSSR count). The van der Waals surface area contributed by atoms with Crippen LogP contribution in [0.3, 0.4) is 0 Å². The van der Waals surface area contributed by atoms with Crippen LogP contribution < -0.4 is 0 Å². The van der Waals surface area contributed by atoms with Crippen LogP contribution in [0.4, 0.5) is 4.39 Å². The molecule has 112 valence electrons. The van der Waals surface area contributed by atoms with E-state index in [1.54, 1.807) is 18.2 Å². The number of hydrogen-bond donors (Lipinski definition) is 1. The highest BCUT2D eigenvalue weighted by Crippen LogP contribution is 2.23. The number of carbonyl (C=O) groups is 1. The summed E-state index contributed by atoms with van der Waals surface area (Å²) in [5.41, 5.74) is 0.543. The van der Waals surface area contributed by atoms with Gasteiger partial charge in [-0.3, -0.25) is 4.79 Å². The van der Waals surface area contributed by atoms with Crippen LogP contribution in [0.25, 0.3) is 0 Å². The van der Waals surface area contributed by atoms with Crippen molar-refractivity contribution >= 4 is 17.7 Å². The van der Waals surface area contributed by atoms with E-state index in [0.717, 1.165) is 11.8 Å². The molecule has 1 aromatic carbocycles. The summed E-state index contributed by atoms with van der Waals surface area (Å²) in [5.74, 6) is -0.641. The van der Waals surface area contributed by atoms with Crippen molar-refractivity contribution in [1.82, 2.24) is 14.8 Å². The van der Waals surface area contributed by atoms with Gasteiger partial charge in [0.2, 0.25) is 0 Å². The summed E-state index contributed by atoms with van der Waals surface area (Å²) in [7, 11) is 0. The molecule has 0 radical (unpaired) electrons. The number of aromatic nitrogens is 3. The lowest BCUT2D eigenvalue weighted by Gasteiger charge is -2.13. The van der Waals surface area contributed by atoms with Gasteiger partial charge in [-0.2, -0.15) is 0 Å². The van der Waals surface area contributed by atoms with Gasteiger partial charge < -0.3 is 9.67 Å². The summed E-state index contributed by atoms with van der Waals surface area (Å²) in [6.45, 7) is 3.91. The van der Waals surface area contributed by atoms with E-state index in [9.17, 15) is 9.18 Å². The molecular formula is C14H16FN3O2S. The zero-order valence-corrected chi connectivity index (χ0v) is 12.6. The molecular weight excluding hydrogens is 293 g/mol. The number of carboxylic acids is 1. The molecule has 1 heterocycles. The molecule has 0 bridgehead atoms. The summed E-state index contributed by atoms with van der Waals surface area (Å²) < 4.78 is 15.6. The van der Waals surface area contributed by atoms with Crippen LogP contribution >= 0.6 is 11.8 Å². The second-order valence-electron chi connectivity index (χ2n) is 4.81. The normalized spacial score (nSPS) is 11.0. The van der Waals surface area contributed by atoms with E-state index >= 15 is 0 Å². The van der Waals surface area contributed by atoms with Crippen LogP contribution in [-0.4, -0.2) is 31.6 Å². The van der Waals surface area contributed by atoms with Crippen molar-refractivity contribution in [2.75, 3.05) is 5.75 Å². The third kappa shape index (κ3) is 3.81. The van der Waals surface area contributed by atoms with E-state index in [-0.39, 0.29) is 17.6 Å². The monoisotopic (exact) mass is 309 g/mol. The predicted molar refractivity (Wildman–Crippen MR) is 78.0 cm³/mol. The summed E-state index contributed by atoms with van der Waals surface area (Å²) in [4.78, 5) is 10.7. The van der Waals surface area contributed by atoms with E-state index in [1.807, 2.05) is 18.4 Å².